The van der Waals surface area contributed by atoms with Crippen LogP contribution in [0.25, 0.3) is 0 Å². The highest BCUT2D eigenvalue weighted by atomic mass is 32.1. The first-order valence-electron chi connectivity index (χ1n) is 3.97. The number of aliphatic hydroxyl groups is 2. The average molecular weight is 190 g/mol. The summed E-state index contributed by atoms with van der Waals surface area (Å²) in [6.45, 7) is 4.69. The molecule has 0 amide bonds. The lowest BCUT2D eigenvalue weighted by atomic mass is 10.5. The van der Waals surface area contributed by atoms with Crippen molar-refractivity contribution >= 4 is 17.3 Å². The third-order valence-electron chi connectivity index (χ3n) is 1.98. The van der Waals surface area contributed by atoms with Gasteiger partial charge in [0.25, 0.3) is 0 Å². The Labute approximate surface area is 77.4 Å². The smallest absolute Gasteiger partial charge is 0.175 e. The van der Waals surface area contributed by atoms with E-state index in [0.29, 0.717) is 18.2 Å². The molecule has 2 unspecified atom stereocenters. The van der Waals surface area contributed by atoms with E-state index < -0.39 is 12.5 Å². The fourth-order valence-electron chi connectivity index (χ4n) is 1.27. The fraction of sp³-hybridized carbons (Fsp3) is 0.857. The van der Waals surface area contributed by atoms with Gasteiger partial charge in [-0.3, -0.25) is 0 Å². The van der Waals surface area contributed by atoms with Crippen LogP contribution in [0.15, 0.2) is 0 Å². The van der Waals surface area contributed by atoms with Crippen LogP contribution in [0.1, 0.15) is 13.8 Å². The third kappa shape index (κ3) is 1.68. The molecular formula is C7H14N2O2S. The molecule has 4 nitrogen and oxygen atoms in total. The normalized spacial score (nSPS) is 23.2. The van der Waals surface area contributed by atoms with Gasteiger partial charge in [-0.1, -0.05) is 0 Å². The van der Waals surface area contributed by atoms with Crippen LogP contribution >= 0.6 is 12.2 Å². The first-order valence-corrected chi connectivity index (χ1v) is 4.38. The predicted octanol–water partition coefficient (Wildman–Crippen LogP) is -0.434. The molecule has 0 aromatic rings. The minimum Gasteiger partial charge on any atom is -0.374 e. The first kappa shape index (κ1) is 9.70. The molecule has 1 rings (SSSR count). The van der Waals surface area contributed by atoms with Crippen molar-refractivity contribution in [2.45, 2.75) is 26.3 Å². The maximum atomic E-state index is 9.25. The lowest BCUT2D eigenvalue weighted by molar-refractivity contribution is 0.0723. The highest BCUT2D eigenvalue weighted by molar-refractivity contribution is 7.80. The second-order valence-corrected chi connectivity index (χ2v) is 3.30. The van der Waals surface area contributed by atoms with Gasteiger partial charge in [0, 0.05) is 13.1 Å². The molecule has 70 valence electrons. The van der Waals surface area contributed by atoms with Gasteiger partial charge in [-0.25, -0.2) is 0 Å². The summed E-state index contributed by atoms with van der Waals surface area (Å²) in [6, 6.07) is 0. The minimum atomic E-state index is -0.568. The van der Waals surface area contributed by atoms with E-state index in [9.17, 15) is 10.2 Å². The molecule has 0 aromatic carbocycles. The highest BCUT2D eigenvalue weighted by Crippen LogP contribution is 2.13. The Kier molecular flexibility index (Phi) is 2.87. The van der Waals surface area contributed by atoms with Crippen molar-refractivity contribution in [1.29, 1.82) is 0 Å². The molecule has 0 spiro atoms. The van der Waals surface area contributed by atoms with Crippen molar-refractivity contribution in [3.8, 4) is 0 Å². The topological polar surface area (TPSA) is 46.9 Å². The molecule has 2 atom stereocenters. The van der Waals surface area contributed by atoms with Gasteiger partial charge < -0.3 is 20.0 Å². The molecule has 2 N–H and O–H groups in total. The number of hydrogen-bond acceptors (Lipinski definition) is 3. The van der Waals surface area contributed by atoms with Crippen molar-refractivity contribution in [2.75, 3.05) is 13.1 Å². The van der Waals surface area contributed by atoms with Gasteiger partial charge in [-0.2, -0.15) is 0 Å². The summed E-state index contributed by atoms with van der Waals surface area (Å²) in [4.78, 5) is 3.37. The Morgan fingerprint density at radius 3 is 1.67 bits per heavy atom. The zero-order valence-corrected chi connectivity index (χ0v) is 8.08. The van der Waals surface area contributed by atoms with Crippen molar-refractivity contribution in [2.24, 2.45) is 0 Å². The van der Waals surface area contributed by atoms with Gasteiger partial charge in [0.2, 0.25) is 0 Å². The minimum absolute atomic E-state index is 0.528. The van der Waals surface area contributed by atoms with Gasteiger partial charge in [0.05, 0.1) is 0 Å². The van der Waals surface area contributed by atoms with Crippen LogP contribution in [0.5, 0.6) is 0 Å². The average Bonchev–Trinajstić information content (AvgIpc) is 2.30. The molecule has 0 aliphatic carbocycles. The van der Waals surface area contributed by atoms with Gasteiger partial charge >= 0.3 is 0 Å². The molecule has 0 saturated carbocycles. The number of hydrogen-bond donors (Lipinski definition) is 2. The predicted molar refractivity (Wildman–Crippen MR) is 49.4 cm³/mol. The molecule has 1 heterocycles. The van der Waals surface area contributed by atoms with Crippen molar-refractivity contribution in [1.82, 2.24) is 9.80 Å². The molecule has 0 bridgehead atoms. The van der Waals surface area contributed by atoms with E-state index in [1.807, 2.05) is 0 Å². The standard InChI is InChI=1S/C7H14N2O2S/c1-5(10)8-3-4-9(6(2)11)7(8)12/h5-6,10-11H,3-4H2,1-2H3. The quantitative estimate of drug-likeness (QED) is 0.578. The second kappa shape index (κ2) is 3.55. The molecule has 0 radical (unpaired) electrons. The Morgan fingerprint density at radius 2 is 1.50 bits per heavy atom. The number of rotatable bonds is 2. The summed E-state index contributed by atoms with van der Waals surface area (Å²) in [6.07, 6.45) is -1.14. The SMILES string of the molecule is CC(O)N1CCN(C(C)O)C1=S. The van der Waals surface area contributed by atoms with Crippen LogP contribution in [0.3, 0.4) is 0 Å². The van der Waals surface area contributed by atoms with Crippen LogP contribution in [0.4, 0.5) is 0 Å². The molecule has 1 fully saturated rings. The lowest BCUT2D eigenvalue weighted by Crippen LogP contribution is -2.40. The number of nitrogens with zero attached hydrogens (tertiary/aromatic N) is 2. The summed E-state index contributed by atoms with van der Waals surface area (Å²) in [5, 5.41) is 19.0. The number of thiocarbonyl (C=S) groups is 1. The van der Waals surface area contributed by atoms with Crippen LogP contribution in [0.2, 0.25) is 0 Å². The van der Waals surface area contributed by atoms with Gasteiger partial charge in [-0.15, -0.1) is 0 Å². The lowest BCUT2D eigenvalue weighted by Gasteiger charge is -2.25. The zero-order valence-electron chi connectivity index (χ0n) is 7.27. The zero-order chi connectivity index (χ0) is 9.30. The molecule has 1 aliphatic heterocycles. The van der Waals surface area contributed by atoms with Gasteiger partial charge in [0.1, 0.15) is 12.5 Å². The maximum absolute atomic E-state index is 9.25. The van der Waals surface area contributed by atoms with Gasteiger partial charge in [-0.05, 0) is 26.1 Å². The summed E-state index contributed by atoms with van der Waals surface area (Å²) in [5.41, 5.74) is 0. The van der Waals surface area contributed by atoms with Crippen LogP contribution in [-0.4, -0.2) is 50.7 Å². The molecule has 0 aromatic heterocycles. The summed E-state index contributed by atoms with van der Waals surface area (Å²) < 4.78 is 0. The van der Waals surface area contributed by atoms with Gasteiger partial charge in [0.15, 0.2) is 5.11 Å². The van der Waals surface area contributed by atoms with E-state index in [1.165, 1.54) is 0 Å². The molecule has 1 aliphatic rings. The van der Waals surface area contributed by atoms with E-state index in [1.54, 1.807) is 23.6 Å². The van der Waals surface area contributed by atoms with E-state index >= 15 is 0 Å². The van der Waals surface area contributed by atoms with E-state index in [4.69, 9.17) is 12.2 Å². The Bertz CT molecular complexity index is 166. The highest BCUT2D eigenvalue weighted by Gasteiger charge is 2.29. The molecule has 12 heavy (non-hydrogen) atoms. The summed E-state index contributed by atoms with van der Waals surface area (Å²) in [5.74, 6) is 0. The summed E-state index contributed by atoms with van der Waals surface area (Å²) in [7, 11) is 0. The first-order chi connectivity index (χ1) is 5.54. The molecule has 1 saturated heterocycles. The Balaban J connectivity index is 2.61. The Morgan fingerprint density at radius 1 is 1.17 bits per heavy atom. The van der Waals surface area contributed by atoms with E-state index in [2.05, 4.69) is 0 Å². The maximum Gasteiger partial charge on any atom is 0.175 e. The number of aliphatic hydroxyl groups excluding tert-OH is 2. The monoisotopic (exact) mass is 190 g/mol. The fourth-order valence-corrected chi connectivity index (χ4v) is 1.75. The third-order valence-corrected chi connectivity index (χ3v) is 2.44. The van der Waals surface area contributed by atoms with Crippen molar-refractivity contribution in [3.63, 3.8) is 0 Å². The molecular weight excluding hydrogens is 176 g/mol. The van der Waals surface area contributed by atoms with E-state index in [-0.39, 0.29) is 0 Å². The summed E-state index contributed by atoms with van der Waals surface area (Å²) >= 11 is 5.05. The molecule has 5 heteroatoms. The van der Waals surface area contributed by atoms with Crippen LogP contribution < -0.4 is 0 Å². The largest absolute Gasteiger partial charge is 0.374 e. The van der Waals surface area contributed by atoms with E-state index in [0.717, 1.165) is 0 Å². The second-order valence-electron chi connectivity index (χ2n) is 2.93. The van der Waals surface area contributed by atoms with Crippen molar-refractivity contribution in [3.05, 3.63) is 0 Å². The van der Waals surface area contributed by atoms with Crippen LogP contribution in [-0.2, 0) is 0 Å². The van der Waals surface area contributed by atoms with Crippen molar-refractivity contribution < 1.29 is 10.2 Å². The Hall–Kier alpha value is -0.390. The van der Waals surface area contributed by atoms with Crippen LogP contribution in [0, 0.1) is 0 Å².